The summed E-state index contributed by atoms with van der Waals surface area (Å²) in [6.07, 6.45) is 1.78. The van der Waals surface area contributed by atoms with Gasteiger partial charge in [-0.3, -0.25) is 0 Å². The van der Waals surface area contributed by atoms with Crippen LogP contribution in [0.1, 0.15) is 29.8 Å². The highest BCUT2D eigenvalue weighted by atomic mass is 32.1. The quantitative estimate of drug-likeness (QED) is 0.836. The van der Waals surface area contributed by atoms with Crippen LogP contribution in [-0.4, -0.2) is 17.2 Å². The van der Waals surface area contributed by atoms with Gasteiger partial charge in [-0.25, -0.2) is 9.37 Å². The van der Waals surface area contributed by atoms with Gasteiger partial charge in [0.1, 0.15) is 6.17 Å². The van der Waals surface area contributed by atoms with Gasteiger partial charge in [0.05, 0.1) is 11.2 Å². The summed E-state index contributed by atoms with van der Waals surface area (Å²) in [6.45, 7) is 2.86. The highest BCUT2D eigenvalue weighted by Crippen LogP contribution is 2.22. The van der Waals surface area contributed by atoms with E-state index >= 15 is 0 Å². The average molecular weight is 214 g/mol. The van der Waals surface area contributed by atoms with Crippen molar-refractivity contribution >= 4 is 11.3 Å². The molecule has 1 aromatic rings. The van der Waals surface area contributed by atoms with E-state index in [1.807, 2.05) is 12.4 Å². The number of aryl methyl sites for hydroxylation is 1. The summed E-state index contributed by atoms with van der Waals surface area (Å²) >= 11 is 1.67. The molecule has 14 heavy (non-hydrogen) atoms. The number of hydrogen-bond donors (Lipinski definition) is 1. The van der Waals surface area contributed by atoms with Crippen LogP contribution in [0.15, 0.2) is 5.51 Å². The van der Waals surface area contributed by atoms with E-state index in [-0.39, 0.29) is 0 Å². The molecule has 0 amide bonds. The Morgan fingerprint density at radius 2 is 2.50 bits per heavy atom. The number of hydrogen-bond acceptors (Lipinski definition) is 3. The monoisotopic (exact) mass is 214 g/mol. The summed E-state index contributed by atoms with van der Waals surface area (Å²) < 4.78 is 12.9. The van der Waals surface area contributed by atoms with Crippen molar-refractivity contribution < 1.29 is 4.39 Å². The number of alkyl halides is 1. The summed E-state index contributed by atoms with van der Waals surface area (Å²) in [5.74, 6) is 0. The molecule has 0 saturated heterocycles. The van der Waals surface area contributed by atoms with Crippen molar-refractivity contribution in [2.75, 3.05) is 0 Å². The molecular formula is C10H15FN2S. The zero-order chi connectivity index (χ0) is 9.97. The topological polar surface area (TPSA) is 24.9 Å². The van der Waals surface area contributed by atoms with Gasteiger partial charge in [0.25, 0.3) is 0 Å². The fourth-order valence-corrected chi connectivity index (χ4v) is 2.57. The smallest absolute Gasteiger partial charge is 0.102 e. The number of nitrogens with one attached hydrogen (secondary N) is 1. The zero-order valence-corrected chi connectivity index (χ0v) is 9.11. The molecule has 1 aliphatic carbocycles. The molecular weight excluding hydrogens is 199 g/mol. The highest BCUT2D eigenvalue weighted by molar-refractivity contribution is 7.09. The van der Waals surface area contributed by atoms with E-state index in [1.54, 1.807) is 11.3 Å². The SMILES string of the molecule is Cc1ncsc1CNC1CCC(F)C1. The number of nitrogens with zero attached hydrogens (tertiary/aromatic N) is 1. The normalized spacial score (nSPS) is 27.0. The minimum Gasteiger partial charge on any atom is -0.309 e. The Kier molecular flexibility index (Phi) is 3.13. The maximum absolute atomic E-state index is 12.9. The van der Waals surface area contributed by atoms with Crippen molar-refractivity contribution in [2.24, 2.45) is 0 Å². The summed E-state index contributed by atoms with van der Waals surface area (Å²) in [4.78, 5) is 5.45. The van der Waals surface area contributed by atoms with Crippen LogP contribution in [0.25, 0.3) is 0 Å². The van der Waals surface area contributed by atoms with Crippen LogP contribution >= 0.6 is 11.3 Å². The molecule has 0 aliphatic heterocycles. The lowest BCUT2D eigenvalue weighted by Crippen LogP contribution is -2.25. The molecule has 0 aromatic carbocycles. The molecule has 2 atom stereocenters. The number of rotatable bonds is 3. The van der Waals surface area contributed by atoms with Crippen molar-refractivity contribution in [1.82, 2.24) is 10.3 Å². The molecule has 78 valence electrons. The van der Waals surface area contributed by atoms with E-state index in [4.69, 9.17) is 0 Å². The Balaban J connectivity index is 1.80. The van der Waals surface area contributed by atoms with Crippen molar-refractivity contribution in [3.05, 3.63) is 16.1 Å². The second-order valence-electron chi connectivity index (χ2n) is 3.85. The largest absolute Gasteiger partial charge is 0.309 e. The predicted molar refractivity (Wildman–Crippen MR) is 56.2 cm³/mol. The summed E-state index contributed by atoms with van der Waals surface area (Å²) in [7, 11) is 0. The van der Waals surface area contributed by atoms with Crippen LogP contribution in [0, 0.1) is 6.92 Å². The Morgan fingerprint density at radius 3 is 3.07 bits per heavy atom. The standard InChI is InChI=1S/C10H15FN2S/c1-7-10(14-6-13-7)5-12-9-3-2-8(11)4-9/h6,8-9,12H,2-5H2,1H3. The number of halogens is 1. The summed E-state index contributed by atoms with van der Waals surface area (Å²) in [6, 6.07) is 0.367. The fourth-order valence-electron chi connectivity index (χ4n) is 1.84. The van der Waals surface area contributed by atoms with E-state index in [0.717, 1.165) is 25.1 Å². The van der Waals surface area contributed by atoms with Crippen LogP contribution in [0.3, 0.4) is 0 Å². The Labute approximate surface area is 87.6 Å². The molecule has 1 heterocycles. The van der Waals surface area contributed by atoms with Crippen LogP contribution < -0.4 is 5.32 Å². The van der Waals surface area contributed by atoms with E-state index in [9.17, 15) is 4.39 Å². The molecule has 1 aromatic heterocycles. The lowest BCUT2D eigenvalue weighted by molar-refractivity contribution is 0.333. The third kappa shape index (κ3) is 2.30. The molecule has 0 radical (unpaired) electrons. The second-order valence-corrected chi connectivity index (χ2v) is 4.79. The minimum absolute atomic E-state index is 0.367. The van der Waals surface area contributed by atoms with Gasteiger partial charge >= 0.3 is 0 Å². The van der Waals surface area contributed by atoms with Gasteiger partial charge in [-0.05, 0) is 26.2 Å². The molecule has 1 aliphatic rings. The zero-order valence-electron chi connectivity index (χ0n) is 8.29. The van der Waals surface area contributed by atoms with Crippen molar-refractivity contribution in [3.8, 4) is 0 Å². The molecule has 0 bridgehead atoms. The first-order valence-electron chi connectivity index (χ1n) is 5.02. The maximum Gasteiger partial charge on any atom is 0.102 e. The van der Waals surface area contributed by atoms with Crippen molar-refractivity contribution in [1.29, 1.82) is 0 Å². The fraction of sp³-hybridized carbons (Fsp3) is 0.700. The van der Waals surface area contributed by atoms with Crippen LogP contribution in [0.4, 0.5) is 4.39 Å². The van der Waals surface area contributed by atoms with Gasteiger partial charge in [-0.2, -0.15) is 0 Å². The predicted octanol–water partition coefficient (Wildman–Crippen LogP) is 2.43. The van der Waals surface area contributed by atoms with E-state index in [2.05, 4.69) is 10.3 Å². The van der Waals surface area contributed by atoms with Gasteiger partial charge in [-0.1, -0.05) is 0 Å². The van der Waals surface area contributed by atoms with E-state index < -0.39 is 6.17 Å². The average Bonchev–Trinajstić information content (AvgIpc) is 2.72. The molecule has 1 saturated carbocycles. The van der Waals surface area contributed by atoms with Gasteiger partial charge in [0.15, 0.2) is 0 Å². The molecule has 2 rings (SSSR count). The van der Waals surface area contributed by atoms with Crippen LogP contribution in [-0.2, 0) is 6.54 Å². The third-order valence-corrected chi connectivity index (χ3v) is 3.70. The van der Waals surface area contributed by atoms with Gasteiger partial charge in [-0.15, -0.1) is 11.3 Å². The Hall–Kier alpha value is -0.480. The first-order valence-corrected chi connectivity index (χ1v) is 5.90. The highest BCUT2D eigenvalue weighted by Gasteiger charge is 2.23. The van der Waals surface area contributed by atoms with Gasteiger partial charge in [0.2, 0.25) is 0 Å². The Morgan fingerprint density at radius 1 is 1.64 bits per heavy atom. The van der Waals surface area contributed by atoms with Crippen molar-refractivity contribution in [3.63, 3.8) is 0 Å². The molecule has 1 fully saturated rings. The molecule has 2 unspecified atom stereocenters. The van der Waals surface area contributed by atoms with Gasteiger partial charge in [0, 0.05) is 17.5 Å². The molecule has 2 nitrogen and oxygen atoms in total. The first-order chi connectivity index (χ1) is 6.75. The Bertz CT molecular complexity index is 300. The van der Waals surface area contributed by atoms with Gasteiger partial charge < -0.3 is 5.32 Å². The first kappa shape index (κ1) is 10.1. The second kappa shape index (κ2) is 4.36. The van der Waals surface area contributed by atoms with Crippen LogP contribution in [0.2, 0.25) is 0 Å². The minimum atomic E-state index is -0.588. The summed E-state index contributed by atoms with van der Waals surface area (Å²) in [5.41, 5.74) is 2.95. The lowest BCUT2D eigenvalue weighted by atomic mass is 10.2. The number of thiazole rings is 1. The van der Waals surface area contributed by atoms with E-state index in [0.29, 0.717) is 12.5 Å². The molecule has 4 heteroatoms. The third-order valence-electron chi connectivity index (χ3n) is 2.76. The maximum atomic E-state index is 12.9. The number of aromatic nitrogens is 1. The summed E-state index contributed by atoms with van der Waals surface area (Å²) in [5, 5.41) is 3.39. The molecule has 1 N–H and O–H groups in total. The lowest BCUT2D eigenvalue weighted by Gasteiger charge is -2.10. The van der Waals surface area contributed by atoms with Crippen molar-refractivity contribution in [2.45, 2.75) is 44.9 Å². The van der Waals surface area contributed by atoms with Crippen LogP contribution in [0.5, 0.6) is 0 Å². The molecule has 0 spiro atoms. The van der Waals surface area contributed by atoms with E-state index in [1.165, 1.54) is 4.88 Å².